The number of hydrogen-bond acceptors (Lipinski definition) is 2. The molecule has 1 rings (SSSR count). The first-order chi connectivity index (χ1) is 6.25. The largest absolute Gasteiger partial charge is 0.351 e. The molecule has 0 aliphatic heterocycles. The summed E-state index contributed by atoms with van der Waals surface area (Å²) in [6.07, 6.45) is 0.802. The third kappa shape index (κ3) is 3.29. The fourth-order valence-corrected chi connectivity index (χ4v) is 2.41. The Morgan fingerprint density at radius 3 is 3.00 bits per heavy atom. The second kappa shape index (κ2) is 5.62. The van der Waals surface area contributed by atoms with Gasteiger partial charge in [-0.15, -0.1) is 22.9 Å². The average molecular weight is 283 g/mol. The summed E-state index contributed by atoms with van der Waals surface area (Å²) in [5.41, 5.74) is 0. The number of nitrogens with one attached hydrogen (secondary N) is 1. The van der Waals surface area contributed by atoms with E-state index in [-0.39, 0.29) is 5.91 Å². The van der Waals surface area contributed by atoms with Crippen LogP contribution in [0.3, 0.4) is 0 Å². The molecule has 0 saturated carbocycles. The summed E-state index contributed by atoms with van der Waals surface area (Å²) in [7, 11) is 0. The van der Waals surface area contributed by atoms with Gasteiger partial charge in [-0.3, -0.25) is 4.79 Å². The lowest BCUT2D eigenvalue weighted by Crippen LogP contribution is -2.24. The molecular weight excluding hydrogens is 274 g/mol. The molecule has 0 aromatic carbocycles. The van der Waals surface area contributed by atoms with E-state index in [0.717, 1.165) is 15.8 Å². The van der Waals surface area contributed by atoms with Crippen molar-refractivity contribution < 1.29 is 4.79 Å². The van der Waals surface area contributed by atoms with Gasteiger partial charge in [0.05, 0.1) is 0 Å². The van der Waals surface area contributed by atoms with Crippen LogP contribution < -0.4 is 5.32 Å². The minimum atomic E-state index is -0.0352. The maximum Gasteiger partial charge on any atom is 0.262 e. The van der Waals surface area contributed by atoms with Crippen LogP contribution in [-0.2, 0) is 0 Å². The van der Waals surface area contributed by atoms with E-state index in [1.807, 2.05) is 11.4 Å². The van der Waals surface area contributed by atoms with Crippen molar-refractivity contribution in [3.05, 3.63) is 20.8 Å². The Balaban J connectivity index is 2.45. The summed E-state index contributed by atoms with van der Waals surface area (Å²) in [5.74, 6) is 0.540. The van der Waals surface area contributed by atoms with Crippen LogP contribution in [0.5, 0.6) is 0 Å². The van der Waals surface area contributed by atoms with Gasteiger partial charge < -0.3 is 5.32 Å². The molecule has 0 aliphatic rings. The van der Waals surface area contributed by atoms with Gasteiger partial charge in [0, 0.05) is 16.9 Å². The molecule has 1 heterocycles. The Hall–Kier alpha value is -0.0600. The van der Waals surface area contributed by atoms with Gasteiger partial charge in [0.25, 0.3) is 5.91 Å². The molecule has 0 saturated heterocycles. The number of carbonyl (C=O) groups is 1. The van der Waals surface area contributed by atoms with Crippen LogP contribution >= 0.6 is 38.9 Å². The molecule has 72 valence electrons. The van der Waals surface area contributed by atoms with E-state index >= 15 is 0 Å². The molecule has 0 unspecified atom stereocenters. The first-order valence-electron chi connectivity index (χ1n) is 3.83. The van der Waals surface area contributed by atoms with Crippen molar-refractivity contribution in [2.24, 2.45) is 0 Å². The summed E-state index contributed by atoms with van der Waals surface area (Å²) in [6.45, 7) is 0.632. The highest BCUT2D eigenvalue weighted by molar-refractivity contribution is 9.10. The molecule has 5 heteroatoms. The van der Waals surface area contributed by atoms with Gasteiger partial charge in [0.1, 0.15) is 4.88 Å². The van der Waals surface area contributed by atoms with Crippen molar-refractivity contribution >= 4 is 44.8 Å². The summed E-state index contributed by atoms with van der Waals surface area (Å²) in [6, 6.07) is 1.86. The van der Waals surface area contributed by atoms with Gasteiger partial charge in [-0.2, -0.15) is 0 Å². The average Bonchev–Trinajstić information content (AvgIpc) is 2.52. The van der Waals surface area contributed by atoms with Crippen LogP contribution in [0.1, 0.15) is 16.1 Å². The third-order valence-electron chi connectivity index (χ3n) is 1.42. The molecule has 1 amide bonds. The molecule has 0 radical (unpaired) electrons. The maximum absolute atomic E-state index is 11.4. The Labute approximate surface area is 94.4 Å². The molecule has 1 aromatic heterocycles. The summed E-state index contributed by atoms with van der Waals surface area (Å²) in [5, 5.41) is 4.66. The van der Waals surface area contributed by atoms with E-state index in [9.17, 15) is 4.79 Å². The van der Waals surface area contributed by atoms with E-state index in [4.69, 9.17) is 11.6 Å². The second-order valence-electron chi connectivity index (χ2n) is 2.40. The molecule has 2 nitrogen and oxygen atoms in total. The number of thiophene rings is 1. The summed E-state index contributed by atoms with van der Waals surface area (Å²) < 4.78 is 0.848. The summed E-state index contributed by atoms with van der Waals surface area (Å²) >= 11 is 10.2. The smallest absolute Gasteiger partial charge is 0.262 e. The second-order valence-corrected chi connectivity index (χ2v) is 4.54. The number of rotatable bonds is 4. The van der Waals surface area contributed by atoms with Gasteiger partial charge in [0.2, 0.25) is 0 Å². The first kappa shape index (κ1) is 11.0. The van der Waals surface area contributed by atoms with Crippen molar-refractivity contribution in [1.29, 1.82) is 0 Å². The molecule has 0 atom stereocenters. The monoisotopic (exact) mass is 281 g/mol. The lowest BCUT2D eigenvalue weighted by Gasteiger charge is -2.01. The van der Waals surface area contributed by atoms with E-state index in [0.29, 0.717) is 12.4 Å². The van der Waals surface area contributed by atoms with Gasteiger partial charge in [-0.05, 0) is 33.8 Å². The predicted octanol–water partition coefficient (Wildman–Crippen LogP) is 2.87. The SMILES string of the molecule is O=C(NCCCCl)c1sccc1Br. The Morgan fingerprint density at radius 2 is 2.46 bits per heavy atom. The van der Waals surface area contributed by atoms with E-state index in [2.05, 4.69) is 21.2 Å². The van der Waals surface area contributed by atoms with E-state index < -0.39 is 0 Å². The molecule has 0 bridgehead atoms. The van der Waals surface area contributed by atoms with Crippen LogP contribution in [0.4, 0.5) is 0 Å². The lowest BCUT2D eigenvalue weighted by molar-refractivity contribution is 0.0957. The molecule has 1 aromatic rings. The lowest BCUT2D eigenvalue weighted by atomic mass is 10.4. The normalized spacial score (nSPS) is 10.0. The Kier molecular flexibility index (Phi) is 4.77. The standard InChI is InChI=1S/C8H9BrClNOS/c9-6-2-5-13-7(6)8(12)11-4-1-3-10/h2,5H,1,3-4H2,(H,11,12). The minimum absolute atomic E-state index is 0.0352. The van der Waals surface area contributed by atoms with Crippen molar-refractivity contribution in [2.45, 2.75) is 6.42 Å². The highest BCUT2D eigenvalue weighted by Gasteiger charge is 2.09. The molecular formula is C8H9BrClNOS. The van der Waals surface area contributed by atoms with Gasteiger partial charge in [-0.1, -0.05) is 0 Å². The van der Waals surface area contributed by atoms with E-state index in [1.165, 1.54) is 11.3 Å². The van der Waals surface area contributed by atoms with Crippen LogP contribution in [0.15, 0.2) is 15.9 Å². The molecule has 0 spiro atoms. The van der Waals surface area contributed by atoms with Crippen LogP contribution in [0, 0.1) is 0 Å². The Bertz CT molecular complexity index is 289. The molecule has 13 heavy (non-hydrogen) atoms. The fraction of sp³-hybridized carbons (Fsp3) is 0.375. The number of halogens is 2. The van der Waals surface area contributed by atoms with Gasteiger partial charge >= 0.3 is 0 Å². The quantitative estimate of drug-likeness (QED) is 0.668. The number of hydrogen-bond donors (Lipinski definition) is 1. The van der Waals surface area contributed by atoms with E-state index in [1.54, 1.807) is 0 Å². The maximum atomic E-state index is 11.4. The molecule has 0 fully saturated rings. The van der Waals surface area contributed by atoms with Crippen molar-refractivity contribution in [2.75, 3.05) is 12.4 Å². The van der Waals surface area contributed by atoms with Crippen molar-refractivity contribution in [3.63, 3.8) is 0 Å². The highest BCUT2D eigenvalue weighted by atomic mass is 79.9. The zero-order valence-electron chi connectivity index (χ0n) is 6.85. The van der Waals surface area contributed by atoms with Crippen molar-refractivity contribution in [3.8, 4) is 0 Å². The van der Waals surface area contributed by atoms with Crippen LogP contribution in [-0.4, -0.2) is 18.3 Å². The zero-order chi connectivity index (χ0) is 9.68. The molecule has 1 N–H and O–H groups in total. The third-order valence-corrected chi connectivity index (χ3v) is 3.52. The van der Waals surface area contributed by atoms with Crippen LogP contribution in [0.25, 0.3) is 0 Å². The molecule has 0 aliphatic carbocycles. The zero-order valence-corrected chi connectivity index (χ0v) is 10.0. The van der Waals surface area contributed by atoms with Crippen molar-refractivity contribution in [1.82, 2.24) is 5.32 Å². The van der Waals surface area contributed by atoms with Crippen LogP contribution in [0.2, 0.25) is 0 Å². The number of amides is 1. The first-order valence-corrected chi connectivity index (χ1v) is 6.03. The Morgan fingerprint density at radius 1 is 1.69 bits per heavy atom. The number of alkyl halides is 1. The van der Waals surface area contributed by atoms with Gasteiger partial charge in [-0.25, -0.2) is 0 Å². The predicted molar refractivity (Wildman–Crippen MR) is 59.7 cm³/mol. The summed E-state index contributed by atoms with van der Waals surface area (Å²) in [4.78, 5) is 12.1. The number of carbonyl (C=O) groups excluding carboxylic acids is 1. The van der Waals surface area contributed by atoms with Gasteiger partial charge in [0.15, 0.2) is 0 Å². The highest BCUT2D eigenvalue weighted by Crippen LogP contribution is 2.22. The minimum Gasteiger partial charge on any atom is -0.351 e. The fourth-order valence-electron chi connectivity index (χ4n) is 0.805. The topological polar surface area (TPSA) is 29.1 Å².